The summed E-state index contributed by atoms with van der Waals surface area (Å²) < 4.78 is 13.3. The molecule has 0 unspecified atom stereocenters. The Bertz CT molecular complexity index is 368. The highest BCUT2D eigenvalue weighted by atomic mass is 79.9. The maximum absolute atomic E-state index is 12.8. The monoisotopic (exact) mass is 273 g/mol. The number of hydrogen-bond donors (Lipinski definition) is 0. The van der Waals surface area contributed by atoms with E-state index in [1.54, 1.807) is 11.9 Å². The molecule has 0 saturated carbocycles. The molecule has 1 amide bonds. The lowest BCUT2D eigenvalue weighted by Gasteiger charge is -2.16. The maximum atomic E-state index is 12.8. The molecule has 0 fully saturated rings. The average molecular weight is 274 g/mol. The number of amides is 1. The van der Waals surface area contributed by atoms with Crippen molar-refractivity contribution in [2.24, 2.45) is 0 Å². The zero-order valence-electron chi connectivity index (χ0n) is 8.76. The smallest absolute Gasteiger partial charge is 0.254 e. The van der Waals surface area contributed by atoms with Gasteiger partial charge in [-0.25, -0.2) is 4.39 Å². The van der Waals surface area contributed by atoms with E-state index in [2.05, 4.69) is 15.9 Å². The first-order valence-corrected chi connectivity index (χ1v) is 5.56. The fourth-order valence-corrected chi connectivity index (χ4v) is 1.83. The van der Waals surface area contributed by atoms with Crippen molar-refractivity contribution in [2.75, 3.05) is 13.6 Å². The van der Waals surface area contributed by atoms with Gasteiger partial charge in [0.25, 0.3) is 5.91 Å². The van der Waals surface area contributed by atoms with Gasteiger partial charge in [0.2, 0.25) is 0 Å². The largest absolute Gasteiger partial charge is 0.342 e. The summed E-state index contributed by atoms with van der Waals surface area (Å²) in [5.41, 5.74) is 0.493. The van der Waals surface area contributed by atoms with Crippen molar-refractivity contribution < 1.29 is 9.18 Å². The Morgan fingerprint density at radius 1 is 1.53 bits per heavy atom. The molecule has 82 valence electrons. The molecule has 1 rings (SSSR count). The number of halogens is 2. The van der Waals surface area contributed by atoms with E-state index in [0.29, 0.717) is 16.6 Å². The Balaban J connectivity index is 2.91. The third-order valence-corrected chi connectivity index (χ3v) is 2.72. The van der Waals surface area contributed by atoms with E-state index in [9.17, 15) is 9.18 Å². The van der Waals surface area contributed by atoms with Gasteiger partial charge in [-0.15, -0.1) is 0 Å². The van der Waals surface area contributed by atoms with Crippen LogP contribution in [0.3, 0.4) is 0 Å². The number of nitrogens with zero attached hydrogens (tertiary/aromatic N) is 1. The van der Waals surface area contributed by atoms with Gasteiger partial charge in [0, 0.05) is 18.1 Å². The quantitative estimate of drug-likeness (QED) is 0.829. The molecular weight excluding hydrogens is 261 g/mol. The third-order valence-electron chi connectivity index (χ3n) is 2.07. The average Bonchev–Trinajstić information content (AvgIpc) is 2.17. The Morgan fingerprint density at radius 3 is 2.73 bits per heavy atom. The van der Waals surface area contributed by atoms with Crippen LogP contribution >= 0.6 is 15.9 Å². The summed E-state index contributed by atoms with van der Waals surface area (Å²) in [6.45, 7) is 2.70. The van der Waals surface area contributed by atoms with Crippen LogP contribution in [0.25, 0.3) is 0 Å². The fourth-order valence-electron chi connectivity index (χ4n) is 1.31. The zero-order chi connectivity index (χ0) is 11.4. The number of rotatable bonds is 3. The van der Waals surface area contributed by atoms with E-state index in [4.69, 9.17) is 0 Å². The standard InChI is InChI=1S/C11H13BrFNO/c1-3-6-14(2)11(15)9-5-4-8(13)7-10(9)12/h4-5,7H,3,6H2,1-2H3. The SMILES string of the molecule is CCCN(C)C(=O)c1ccc(F)cc1Br. The lowest BCUT2D eigenvalue weighted by Crippen LogP contribution is -2.27. The first-order chi connectivity index (χ1) is 7.06. The van der Waals surface area contributed by atoms with Gasteiger partial charge >= 0.3 is 0 Å². The molecule has 1 aromatic carbocycles. The molecule has 0 N–H and O–H groups in total. The topological polar surface area (TPSA) is 20.3 Å². The van der Waals surface area contributed by atoms with Crippen LogP contribution in [-0.2, 0) is 0 Å². The summed E-state index contributed by atoms with van der Waals surface area (Å²) in [5.74, 6) is -0.444. The molecule has 0 atom stereocenters. The summed E-state index contributed by atoms with van der Waals surface area (Å²) in [6, 6.07) is 4.08. The van der Waals surface area contributed by atoms with Gasteiger partial charge in [-0.1, -0.05) is 6.92 Å². The van der Waals surface area contributed by atoms with Gasteiger partial charge in [-0.2, -0.15) is 0 Å². The van der Waals surface area contributed by atoms with Crippen LogP contribution < -0.4 is 0 Å². The van der Waals surface area contributed by atoms with Crippen LogP contribution in [0.2, 0.25) is 0 Å². The molecule has 0 bridgehead atoms. The number of carbonyl (C=O) groups is 1. The predicted molar refractivity (Wildman–Crippen MR) is 61.4 cm³/mol. The molecular formula is C11H13BrFNO. The van der Waals surface area contributed by atoms with Gasteiger partial charge < -0.3 is 4.90 Å². The molecule has 1 aromatic rings. The molecule has 4 heteroatoms. The van der Waals surface area contributed by atoms with Gasteiger partial charge in [-0.05, 0) is 40.5 Å². The second-order valence-electron chi connectivity index (χ2n) is 3.35. The van der Waals surface area contributed by atoms with E-state index >= 15 is 0 Å². The second kappa shape index (κ2) is 5.26. The molecule has 0 saturated heterocycles. The van der Waals surface area contributed by atoms with Crippen LogP contribution in [0.1, 0.15) is 23.7 Å². The molecule has 0 aliphatic rings. The lowest BCUT2D eigenvalue weighted by molar-refractivity contribution is 0.0794. The van der Waals surface area contributed by atoms with Crippen LogP contribution in [0.15, 0.2) is 22.7 Å². The minimum Gasteiger partial charge on any atom is -0.342 e. The molecule has 0 aliphatic heterocycles. The summed E-state index contributed by atoms with van der Waals surface area (Å²) in [6.07, 6.45) is 0.904. The van der Waals surface area contributed by atoms with E-state index < -0.39 is 0 Å². The molecule has 15 heavy (non-hydrogen) atoms. The van der Waals surface area contributed by atoms with Crippen LogP contribution in [0.5, 0.6) is 0 Å². The highest BCUT2D eigenvalue weighted by Crippen LogP contribution is 2.19. The number of hydrogen-bond acceptors (Lipinski definition) is 1. The van der Waals surface area contributed by atoms with Crippen molar-refractivity contribution in [3.05, 3.63) is 34.1 Å². The molecule has 0 radical (unpaired) electrons. The van der Waals surface area contributed by atoms with E-state index in [-0.39, 0.29) is 11.7 Å². The summed E-state index contributed by atoms with van der Waals surface area (Å²) in [5, 5.41) is 0. The lowest BCUT2D eigenvalue weighted by atomic mass is 10.2. The highest BCUT2D eigenvalue weighted by Gasteiger charge is 2.14. The highest BCUT2D eigenvalue weighted by molar-refractivity contribution is 9.10. The Hall–Kier alpha value is -0.900. The Morgan fingerprint density at radius 2 is 2.20 bits per heavy atom. The predicted octanol–water partition coefficient (Wildman–Crippen LogP) is 3.07. The summed E-state index contributed by atoms with van der Waals surface area (Å²) in [7, 11) is 1.74. The molecule has 0 aromatic heterocycles. The van der Waals surface area contributed by atoms with Gasteiger partial charge in [0.15, 0.2) is 0 Å². The number of carbonyl (C=O) groups excluding carboxylic acids is 1. The molecule has 0 heterocycles. The van der Waals surface area contributed by atoms with E-state index in [1.807, 2.05) is 6.92 Å². The number of benzene rings is 1. The zero-order valence-corrected chi connectivity index (χ0v) is 10.3. The molecule has 2 nitrogen and oxygen atoms in total. The van der Waals surface area contributed by atoms with Crippen molar-refractivity contribution in [2.45, 2.75) is 13.3 Å². The normalized spacial score (nSPS) is 10.1. The Labute approximate surface area is 97.2 Å². The first kappa shape index (κ1) is 12.2. The van der Waals surface area contributed by atoms with Crippen LogP contribution in [0, 0.1) is 5.82 Å². The fraction of sp³-hybridized carbons (Fsp3) is 0.364. The van der Waals surface area contributed by atoms with E-state index in [0.717, 1.165) is 6.42 Å². The maximum Gasteiger partial charge on any atom is 0.254 e. The van der Waals surface area contributed by atoms with Crippen molar-refractivity contribution in [1.82, 2.24) is 4.90 Å². The van der Waals surface area contributed by atoms with E-state index in [1.165, 1.54) is 18.2 Å². The van der Waals surface area contributed by atoms with Crippen molar-refractivity contribution in [3.8, 4) is 0 Å². The minimum atomic E-state index is -0.350. The van der Waals surface area contributed by atoms with Crippen LogP contribution in [-0.4, -0.2) is 24.4 Å². The van der Waals surface area contributed by atoms with Gasteiger partial charge in [0.05, 0.1) is 5.56 Å². The molecule has 0 aliphatic carbocycles. The van der Waals surface area contributed by atoms with Gasteiger partial charge in [-0.3, -0.25) is 4.79 Å². The van der Waals surface area contributed by atoms with Crippen molar-refractivity contribution in [1.29, 1.82) is 0 Å². The van der Waals surface area contributed by atoms with Crippen molar-refractivity contribution in [3.63, 3.8) is 0 Å². The minimum absolute atomic E-state index is 0.0938. The summed E-state index contributed by atoms with van der Waals surface area (Å²) in [4.78, 5) is 13.5. The summed E-state index contributed by atoms with van der Waals surface area (Å²) >= 11 is 3.18. The molecule has 0 spiro atoms. The van der Waals surface area contributed by atoms with Gasteiger partial charge in [0.1, 0.15) is 5.82 Å². The van der Waals surface area contributed by atoms with Crippen LogP contribution in [0.4, 0.5) is 4.39 Å². The van der Waals surface area contributed by atoms with Crippen molar-refractivity contribution >= 4 is 21.8 Å². The Kier molecular flexibility index (Phi) is 4.27. The second-order valence-corrected chi connectivity index (χ2v) is 4.21. The first-order valence-electron chi connectivity index (χ1n) is 4.76. The third kappa shape index (κ3) is 3.02.